The van der Waals surface area contributed by atoms with Crippen LogP contribution in [0.3, 0.4) is 0 Å². The maximum atomic E-state index is 13.1. The molecule has 0 aliphatic carbocycles. The molecule has 3 aliphatic rings. The molecule has 1 fully saturated rings. The number of amidine groups is 1. The minimum absolute atomic E-state index is 0.0476. The van der Waals surface area contributed by atoms with Gasteiger partial charge in [0.15, 0.2) is 5.17 Å². The number of carbonyl (C=O) groups is 2. The van der Waals surface area contributed by atoms with Crippen molar-refractivity contribution in [2.45, 2.75) is 26.3 Å². The van der Waals surface area contributed by atoms with E-state index < -0.39 is 12.0 Å². The second-order valence-corrected chi connectivity index (χ2v) is 8.70. The van der Waals surface area contributed by atoms with Crippen LogP contribution in [-0.2, 0) is 19.1 Å². The molecule has 0 bridgehead atoms. The maximum Gasteiger partial charge on any atom is 0.338 e. The number of esters is 1. The van der Waals surface area contributed by atoms with Crippen molar-refractivity contribution >= 4 is 28.8 Å². The van der Waals surface area contributed by atoms with Crippen LogP contribution >= 0.6 is 11.8 Å². The number of morpholine rings is 1. The smallest absolute Gasteiger partial charge is 0.338 e. The van der Waals surface area contributed by atoms with E-state index in [-0.39, 0.29) is 18.9 Å². The van der Waals surface area contributed by atoms with Crippen molar-refractivity contribution in [2.24, 2.45) is 4.99 Å². The maximum absolute atomic E-state index is 13.1. The van der Waals surface area contributed by atoms with Gasteiger partial charge in [0.25, 0.3) is 0 Å². The first kappa shape index (κ1) is 22.4. The normalized spacial score (nSPS) is 20.5. The van der Waals surface area contributed by atoms with Crippen molar-refractivity contribution in [3.63, 3.8) is 0 Å². The quantitative estimate of drug-likeness (QED) is 0.485. The van der Waals surface area contributed by atoms with Crippen molar-refractivity contribution in [1.82, 2.24) is 9.80 Å². The summed E-state index contributed by atoms with van der Waals surface area (Å²) in [4.78, 5) is 34.6. The SMILES string of the molecule is C=CCOC(=O)C1=C(C)N=C2SC=C(CC(=O)N3CCOCC3)N2C1c1cccc(C)c1. The van der Waals surface area contributed by atoms with Crippen LogP contribution in [0.15, 0.2) is 64.3 Å². The van der Waals surface area contributed by atoms with Crippen molar-refractivity contribution < 1.29 is 19.1 Å². The van der Waals surface area contributed by atoms with Crippen LogP contribution in [0.4, 0.5) is 0 Å². The Labute approximate surface area is 192 Å². The van der Waals surface area contributed by atoms with Gasteiger partial charge < -0.3 is 19.3 Å². The third kappa shape index (κ3) is 4.52. The molecule has 32 heavy (non-hydrogen) atoms. The van der Waals surface area contributed by atoms with Crippen LogP contribution in [0.25, 0.3) is 0 Å². The molecular formula is C24H27N3O4S. The summed E-state index contributed by atoms with van der Waals surface area (Å²) in [6.07, 6.45) is 1.79. The number of allylic oxidation sites excluding steroid dienone is 1. The molecule has 0 aromatic heterocycles. The fourth-order valence-corrected chi connectivity index (χ4v) is 5.04. The lowest BCUT2D eigenvalue weighted by Crippen LogP contribution is -2.42. The summed E-state index contributed by atoms with van der Waals surface area (Å²) >= 11 is 1.48. The van der Waals surface area contributed by atoms with Gasteiger partial charge in [-0.15, -0.1) is 0 Å². The zero-order valence-electron chi connectivity index (χ0n) is 18.4. The highest BCUT2D eigenvalue weighted by molar-refractivity contribution is 8.16. The number of aryl methyl sites for hydroxylation is 1. The molecule has 1 saturated heterocycles. The summed E-state index contributed by atoms with van der Waals surface area (Å²) in [7, 11) is 0. The highest BCUT2D eigenvalue weighted by Crippen LogP contribution is 2.45. The highest BCUT2D eigenvalue weighted by Gasteiger charge is 2.41. The lowest BCUT2D eigenvalue weighted by molar-refractivity contribution is -0.138. The molecular weight excluding hydrogens is 426 g/mol. The second kappa shape index (κ2) is 9.75. The molecule has 0 spiro atoms. The van der Waals surface area contributed by atoms with Gasteiger partial charge in [0, 0.05) is 18.8 Å². The van der Waals surface area contributed by atoms with Gasteiger partial charge in [-0.1, -0.05) is 54.2 Å². The Bertz CT molecular complexity index is 1020. The number of nitrogens with zero attached hydrogens (tertiary/aromatic N) is 3. The van der Waals surface area contributed by atoms with Crippen LogP contribution in [0.5, 0.6) is 0 Å². The first-order chi connectivity index (χ1) is 15.5. The van der Waals surface area contributed by atoms with Crippen LogP contribution in [0.2, 0.25) is 0 Å². The number of carbonyl (C=O) groups excluding carboxylic acids is 2. The number of ether oxygens (including phenoxy) is 2. The standard InChI is InChI=1S/C24H27N3O4S/c1-4-10-31-23(29)21-17(3)25-24-27(22(21)18-7-5-6-16(2)13-18)19(15-32-24)14-20(28)26-8-11-30-12-9-26/h4-7,13,15,22H,1,8-12,14H2,2-3H3. The average molecular weight is 454 g/mol. The summed E-state index contributed by atoms with van der Waals surface area (Å²) in [5, 5.41) is 2.73. The molecule has 1 aromatic carbocycles. The number of thioether (sulfide) groups is 1. The summed E-state index contributed by atoms with van der Waals surface area (Å²) in [5.41, 5.74) is 3.98. The molecule has 3 heterocycles. The number of hydrogen-bond acceptors (Lipinski definition) is 7. The number of aliphatic imine (C=N–C) groups is 1. The van der Waals surface area contributed by atoms with Crippen molar-refractivity contribution in [3.05, 3.63) is 70.4 Å². The van der Waals surface area contributed by atoms with Crippen LogP contribution in [-0.4, -0.2) is 59.8 Å². The number of amides is 1. The largest absolute Gasteiger partial charge is 0.458 e. The Morgan fingerprint density at radius 2 is 2.09 bits per heavy atom. The van der Waals surface area contributed by atoms with Gasteiger partial charge >= 0.3 is 5.97 Å². The van der Waals surface area contributed by atoms with E-state index in [4.69, 9.17) is 9.47 Å². The Morgan fingerprint density at radius 1 is 1.31 bits per heavy atom. The topological polar surface area (TPSA) is 71.4 Å². The number of benzene rings is 1. The zero-order chi connectivity index (χ0) is 22.7. The summed E-state index contributed by atoms with van der Waals surface area (Å²) in [6.45, 7) is 9.92. The molecule has 8 heteroatoms. The fraction of sp³-hybridized carbons (Fsp3) is 0.375. The lowest BCUT2D eigenvalue weighted by atomic mass is 9.93. The highest BCUT2D eigenvalue weighted by atomic mass is 32.2. The molecule has 3 aliphatic heterocycles. The summed E-state index contributed by atoms with van der Waals surface area (Å²) < 4.78 is 10.8. The first-order valence-electron chi connectivity index (χ1n) is 10.6. The van der Waals surface area contributed by atoms with E-state index in [0.29, 0.717) is 37.6 Å². The Balaban J connectivity index is 1.69. The van der Waals surface area contributed by atoms with E-state index >= 15 is 0 Å². The average Bonchev–Trinajstić information content (AvgIpc) is 3.18. The van der Waals surface area contributed by atoms with Gasteiger partial charge in [0.2, 0.25) is 5.91 Å². The van der Waals surface area contributed by atoms with Gasteiger partial charge in [-0.25, -0.2) is 9.79 Å². The molecule has 0 radical (unpaired) electrons. The molecule has 0 saturated carbocycles. The molecule has 0 N–H and O–H groups in total. The molecule has 7 nitrogen and oxygen atoms in total. The Morgan fingerprint density at radius 3 is 2.81 bits per heavy atom. The third-order valence-corrected chi connectivity index (χ3v) is 6.50. The van der Waals surface area contributed by atoms with Gasteiger partial charge in [-0.2, -0.15) is 0 Å². The molecule has 1 amide bonds. The van der Waals surface area contributed by atoms with Crippen molar-refractivity contribution in [1.29, 1.82) is 0 Å². The van der Waals surface area contributed by atoms with Gasteiger partial charge in [0.05, 0.1) is 36.9 Å². The van der Waals surface area contributed by atoms with Crippen molar-refractivity contribution in [3.8, 4) is 0 Å². The van der Waals surface area contributed by atoms with E-state index in [1.165, 1.54) is 11.8 Å². The van der Waals surface area contributed by atoms with E-state index in [9.17, 15) is 9.59 Å². The molecule has 1 atom stereocenters. The van der Waals surface area contributed by atoms with E-state index in [0.717, 1.165) is 22.0 Å². The predicted octanol–water partition coefficient (Wildman–Crippen LogP) is 3.55. The van der Waals surface area contributed by atoms with Gasteiger partial charge in [-0.05, 0) is 24.8 Å². The minimum atomic E-state index is -0.424. The Hall–Kier alpha value is -2.84. The number of hydrogen-bond donors (Lipinski definition) is 0. The third-order valence-electron chi connectivity index (χ3n) is 5.61. The monoisotopic (exact) mass is 453 g/mol. The Kier molecular flexibility index (Phi) is 6.81. The summed E-state index contributed by atoms with van der Waals surface area (Å²) in [6, 6.07) is 7.64. The van der Waals surface area contributed by atoms with Crippen LogP contribution in [0, 0.1) is 6.92 Å². The zero-order valence-corrected chi connectivity index (χ0v) is 19.2. The van der Waals surface area contributed by atoms with Crippen molar-refractivity contribution in [2.75, 3.05) is 32.9 Å². The fourth-order valence-electron chi connectivity index (χ4n) is 4.08. The molecule has 168 valence electrons. The minimum Gasteiger partial charge on any atom is -0.458 e. The summed E-state index contributed by atoms with van der Waals surface area (Å²) in [5.74, 6) is -0.376. The number of rotatable bonds is 6. The van der Waals surface area contributed by atoms with Gasteiger partial charge in [0.1, 0.15) is 6.61 Å². The lowest BCUT2D eigenvalue weighted by Gasteiger charge is -2.37. The van der Waals surface area contributed by atoms with Crippen LogP contribution in [0.1, 0.15) is 30.5 Å². The van der Waals surface area contributed by atoms with E-state index in [1.807, 2.05) is 47.3 Å². The first-order valence-corrected chi connectivity index (χ1v) is 11.5. The molecule has 1 unspecified atom stereocenters. The second-order valence-electron chi connectivity index (χ2n) is 7.86. The predicted molar refractivity (Wildman–Crippen MR) is 125 cm³/mol. The van der Waals surface area contributed by atoms with E-state index in [1.54, 1.807) is 6.08 Å². The molecule has 1 aromatic rings. The van der Waals surface area contributed by atoms with Crippen LogP contribution < -0.4 is 0 Å². The molecule has 4 rings (SSSR count). The van der Waals surface area contributed by atoms with E-state index in [2.05, 4.69) is 17.6 Å². The number of fused-ring (bicyclic) bond motifs is 1. The van der Waals surface area contributed by atoms with Gasteiger partial charge in [-0.3, -0.25) is 4.79 Å².